The van der Waals surface area contributed by atoms with Gasteiger partial charge in [-0.1, -0.05) is 45.0 Å². The molecule has 1 atom stereocenters. The van der Waals surface area contributed by atoms with Crippen LogP contribution in [-0.2, 0) is 0 Å². The number of allylic oxidation sites excluding steroid dienone is 2. The fourth-order valence-corrected chi connectivity index (χ4v) is 1.90. The van der Waals surface area contributed by atoms with Gasteiger partial charge in [0.25, 0.3) is 0 Å². The largest absolute Gasteiger partial charge is 0.176 e. The van der Waals surface area contributed by atoms with E-state index < -0.39 is 0 Å². The Morgan fingerprint density at radius 3 is 2.18 bits per heavy atom. The van der Waals surface area contributed by atoms with E-state index in [0.29, 0.717) is 5.25 Å². The second kappa shape index (κ2) is 6.32. The molecule has 0 bridgehead atoms. The Morgan fingerprint density at radius 2 is 1.82 bits per heavy atom. The zero-order valence-electron chi connectivity index (χ0n) is 6.32. The second-order valence-electron chi connectivity index (χ2n) is 2.43. The van der Waals surface area contributed by atoms with Crippen molar-refractivity contribution in [1.82, 2.24) is 0 Å². The van der Waals surface area contributed by atoms with Crippen LogP contribution >= 0.6 is 44.5 Å². The molecule has 0 saturated heterocycles. The number of halogens is 2. The number of hydrogen-bond acceptors (Lipinski definition) is 1. The molecule has 0 fully saturated rings. The predicted molar refractivity (Wildman–Crippen MR) is 62.8 cm³/mol. The van der Waals surface area contributed by atoms with Crippen LogP contribution in [0.15, 0.2) is 22.1 Å². The summed E-state index contributed by atoms with van der Waals surface area (Å²) < 4.78 is 2.05. The maximum atomic E-state index is 4.39. The third-order valence-corrected chi connectivity index (χ3v) is 2.37. The summed E-state index contributed by atoms with van der Waals surface area (Å²) in [5, 5.41) is 0.385. The minimum atomic E-state index is 0.385. The van der Waals surface area contributed by atoms with Crippen molar-refractivity contribution < 1.29 is 0 Å². The van der Waals surface area contributed by atoms with Crippen molar-refractivity contribution in [2.75, 3.05) is 0 Å². The molecule has 0 saturated carbocycles. The van der Waals surface area contributed by atoms with Crippen molar-refractivity contribution in [2.45, 2.75) is 24.5 Å². The minimum Gasteiger partial charge on any atom is -0.176 e. The molecule has 0 heterocycles. The maximum absolute atomic E-state index is 4.39. The van der Waals surface area contributed by atoms with E-state index in [1.807, 2.05) is 0 Å². The Bertz CT molecular complexity index is 154. The van der Waals surface area contributed by atoms with Crippen LogP contribution < -0.4 is 0 Å². The summed E-state index contributed by atoms with van der Waals surface area (Å²) >= 11 is 11.0. The lowest BCUT2D eigenvalue weighted by molar-refractivity contribution is 0.781. The SMILES string of the molecule is C=C(Br)CCC(S)CC(=C)Br. The van der Waals surface area contributed by atoms with Crippen molar-refractivity contribution in [1.29, 1.82) is 0 Å². The molecule has 64 valence electrons. The molecule has 0 aromatic heterocycles. The molecule has 0 amide bonds. The summed E-state index contributed by atoms with van der Waals surface area (Å²) in [7, 11) is 0. The zero-order chi connectivity index (χ0) is 8.85. The Labute approximate surface area is 90.8 Å². The van der Waals surface area contributed by atoms with E-state index in [1.54, 1.807) is 0 Å². The van der Waals surface area contributed by atoms with E-state index in [-0.39, 0.29) is 0 Å². The van der Waals surface area contributed by atoms with Crippen LogP contribution in [0.1, 0.15) is 19.3 Å². The highest BCUT2D eigenvalue weighted by Gasteiger charge is 2.03. The Kier molecular flexibility index (Phi) is 6.78. The first-order valence-corrected chi connectivity index (χ1v) is 5.47. The van der Waals surface area contributed by atoms with Gasteiger partial charge in [0.05, 0.1) is 0 Å². The highest BCUT2D eigenvalue weighted by Crippen LogP contribution is 2.21. The van der Waals surface area contributed by atoms with E-state index >= 15 is 0 Å². The lowest BCUT2D eigenvalue weighted by Crippen LogP contribution is -1.97. The molecule has 0 N–H and O–H groups in total. The molecule has 0 rings (SSSR count). The molecule has 0 aliphatic heterocycles. The van der Waals surface area contributed by atoms with Crippen molar-refractivity contribution in [3.05, 3.63) is 22.1 Å². The first kappa shape index (κ1) is 11.8. The molecule has 0 radical (unpaired) electrons. The molecular formula is C8H12Br2S. The summed E-state index contributed by atoms with van der Waals surface area (Å²) in [6, 6.07) is 0. The van der Waals surface area contributed by atoms with Gasteiger partial charge in [-0.15, -0.1) is 0 Å². The zero-order valence-corrected chi connectivity index (χ0v) is 10.4. The fourth-order valence-electron chi connectivity index (χ4n) is 0.681. The standard InChI is InChI=1S/C8H12Br2S/c1-6(9)3-4-8(11)5-7(2)10/h8,11H,1-5H2. The van der Waals surface area contributed by atoms with Gasteiger partial charge in [-0.2, -0.15) is 12.6 Å². The summed E-state index contributed by atoms with van der Waals surface area (Å²) in [6.45, 7) is 7.51. The Morgan fingerprint density at radius 1 is 1.27 bits per heavy atom. The monoisotopic (exact) mass is 298 g/mol. The Balaban J connectivity index is 3.44. The second-order valence-corrected chi connectivity index (χ2v) is 5.40. The number of hydrogen-bond donors (Lipinski definition) is 1. The number of rotatable bonds is 5. The molecule has 1 unspecified atom stereocenters. The van der Waals surface area contributed by atoms with Gasteiger partial charge in [0.2, 0.25) is 0 Å². The average molecular weight is 300 g/mol. The quantitative estimate of drug-likeness (QED) is 0.720. The van der Waals surface area contributed by atoms with E-state index in [0.717, 1.165) is 28.2 Å². The molecule has 0 nitrogen and oxygen atoms in total. The van der Waals surface area contributed by atoms with Crippen molar-refractivity contribution in [2.24, 2.45) is 0 Å². The lowest BCUT2D eigenvalue weighted by atomic mass is 10.2. The normalized spacial score (nSPS) is 12.6. The smallest absolute Gasteiger partial charge is 0.00654 e. The molecule has 0 spiro atoms. The molecule has 3 heteroatoms. The third-order valence-electron chi connectivity index (χ3n) is 1.21. The highest BCUT2D eigenvalue weighted by molar-refractivity contribution is 9.12. The third kappa shape index (κ3) is 8.70. The van der Waals surface area contributed by atoms with Gasteiger partial charge in [0.1, 0.15) is 0 Å². The molecule has 0 aromatic rings. The van der Waals surface area contributed by atoms with Crippen LogP contribution in [0.25, 0.3) is 0 Å². The van der Waals surface area contributed by atoms with Crippen molar-refractivity contribution >= 4 is 44.5 Å². The van der Waals surface area contributed by atoms with Gasteiger partial charge in [-0.05, 0) is 28.2 Å². The van der Waals surface area contributed by atoms with Gasteiger partial charge in [-0.3, -0.25) is 0 Å². The molecule has 0 aliphatic carbocycles. The lowest BCUT2D eigenvalue weighted by Gasteiger charge is -2.07. The van der Waals surface area contributed by atoms with E-state index in [4.69, 9.17) is 0 Å². The first-order chi connectivity index (χ1) is 5.02. The van der Waals surface area contributed by atoms with Gasteiger partial charge in [-0.25, -0.2) is 0 Å². The minimum absolute atomic E-state index is 0.385. The van der Waals surface area contributed by atoms with Gasteiger partial charge >= 0.3 is 0 Å². The van der Waals surface area contributed by atoms with Gasteiger partial charge < -0.3 is 0 Å². The maximum Gasteiger partial charge on any atom is 0.00654 e. The predicted octanol–water partition coefficient (Wildman–Crippen LogP) is 4.27. The van der Waals surface area contributed by atoms with Gasteiger partial charge in [0.15, 0.2) is 0 Å². The van der Waals surface area contributed by atoms with E-state index in [2.05, 4.69) is 57.6 Å². The summed E-state index contributed by atoms with van der Waals surface area (Å²) in [5.41, 5.74) is 0. The highest BCUT2D eigenvalue weighted by atomic mass is 79.9. The molecule has 0 aromatic carbocycles. The summed E-state index contributed by atoms with van der Waals surface area (Å²) in [5.74, 6) is 0. The van der Waals surface area contributed by atoms with Crippen molar-refractivity contribution in [3.63, 3.8) is 0 Å². The van der Waals surface area contributed by atoms with E-state index in [1.165, 1.54) is 0 Å². The topological polar surface area (TPSA) is 0 Å². The molecule has 11 heavy (non-hydrogen) atoms. The van der Waals surface area contributed by atoms with Crippen molar-refractivity contribution in [3.8, 4) is 0 Å². The first-order valence-electron chi connectivity index (χ1n) is 3.37. The Hall–Kier alpha value is 0.790. The van der Waals surface area contributed by atoms with Crippen LogP contribution in [0.2, 0.25) is 0 Å². The van der Waals surface area contributed by atoms with Crippen LogP contribution in [0.4, 0.5) is 0 Å². The average Bonchev–Trinajstić information content (AvgIpc) is 1.82. The summed E-state index contributed by atoms with van der Waals surface area (Å²) in [6.07, 6.45) is 2.94. The van der Waals surface area contributed by atoms with Gasteiger partial charge in [0, 0.05) is 5.25 Å². The van der Waals surface area contributed by atoms with Crippen LogP contribution in [0.5, 0.6) is 0 Å². The molecular weight excluding hydrogens is 288 g/mol. The van der Waals surface area contributed by atoms with Crippen LogP contribution in [0, 0.1) is 0 Å². The van der Waals surface area contributed by atoms with E-state index in [9.17, 15) is 0 Å². The number of thiol groups is 1. The molecule has 0 aliphatic rings. The van der Waals surface area contributed by atoms with Crippen LogP contribution in [-0.4, -0.2) is 5.25 Å². The summed E-state index contributed by atoms with van der Waals surface area (Å²) in [4.78, 5) is 0. The fraction of sp³-hybridized carbons (Fsp3) is 0.500. The van der Waals surface area contributed by atoms with Crippen LogP contribution in [0.3, 0.4) is 0 Å².